The number of hydrogen-bond donors (Lipinski definition) is 2. The van der Waals surface area contributed by atoms with Crippen LogP contribution in [0.2, 0.25) is 0 Å². The number of hydrogen-bond acceptors (Lipinski definition) is 3. The SMILES string of the molecule is COCC(Nc1ccc(N)cc1C(F)(F)F)C(C)C. The van der Waals surface area contributed by atoms with Crippen molar-refractivity contribution in [3.8, 4) is 0 Å². The van der Waals surface area contributed by atoms with E-state index in [1.165, 1.54) is 19.2 Å². The van der Waals surface area contributed by atoms with Crippen LogP contribution in [0.5, 0.6) is 0 Å². The molecule has 1 rings (SSSR count). The Morgan fingerprint density at radius 3 is 2.42 bits per heavy atom. The third kappa shape index (κ3) is 4.31. The molecule has 1 aromatic carbocycles. The highest BCUT2D eigenvalue weighted by Crippen LogP contribution is 2.36. The Kier molecular flexibility index (Phi) is 5.05. The van der Waals surface area contributed by atoms with Crippen molar-refractivity contribution in [3.05, 3.63) is 23.8 Å². The zero-order valence-electron chi connectivity index (χ0n) is 11.2. The highest BCUT2D eigenvalue weighted by molar-refractivity contribution is 5.59. The van der Waals surface area contributed by atoms with E-state index in [2.05, 4.69) is 5.32 Å². The summed E-state index contributed by atoms with van der Waals surface area (Å²) in [6, 6.07) is 3.53. The minimum absolute atomic E-state index is 0.0254. The van der Waals surface area contributed by atoms with Gasteiger partial charge in [0.2, 0.25) is 0 Å². The normalized spacial score (nSPS) is 13.6. The van der Waals surface area contributed by atoms with Gasteiger partial charge in [0.05, 0.1) is 18.2 Å². The van der Waals surface area contributed by atoms with E-state index < -0.39 is 11.7 Å². The number of anilines is 2. The van der Waals surface area contributed by atoms with Crippen LogP contribution >= 0.6 is 0 Å². The highest BCUT2D eigenvalue weighted by atomic mass is 19.4. The molecule has 0 saturated heterocycles. The monoisotopic (exact) mass is 276 g/mol. The fourth-order valence-electron chi connectivity index (χ4n) is 1.70. The Labute approximate surface area is 110 Å². The second kappa shape index (κ2) is 6.14. The molecule has 0 aliphatic carbocycles. The van der Waals surface area contributed by atoms with Crippen molar-refractivity contribution in [1.29, 1.82) is 0 Å². The second-order valence-electron chi connectivity index (χ2n) is 4.75. The van der Waals surface area contributed by atoms with Gasteiger partial charge in [0.1, 0.15) is 0 Å². The summed E-state index contributed by atoms with van der Waals surface area (Å²) in [5.41, 5.74) is 4.78. The number of ether oxygens (including phenoxy) is 1. The Bertz CT molecular complexity index is 419. The van der Waals surface area contributed by atoms with Crippen molar-refractivity contribution in [2.45, 2.75) is 26.1 Å². The molecule has 0 aliphatic heterocycles. The Morgan fingerprint density at radius 2 is 1.95 bits per heavy atom. The molecule has 0 fully saturated rings. The largest absolute Gasteiger partial charge is 0.418 e. The molecule has 0 radical (unpaired) electrons. The molecule has 0 aliphatic rings. The summed E-state index contributed by atoms with van der Waals surface area (Å²) < 4.78 is 43.8. The first-order chi connectivity index (χ1) is 8.75. The molecule has 1 aromatic rings. The maximum Gasteiger partial charge on any atom is 0.418 e. The lowest BCUT2D eigenvalue weighted by atomic mass is 10.0. The molecular formula is C13H19F3N2O. The third-order valence-electron chi connectivity index (χ3n) is 2.84. The second-order valence-corrected chi connectivity index (χ2v) is 4.75. The summed E-state index contributed by atoms with van der Waals surface area (Å²) in [6.07, 6.45) is -4.44. The minimum atomic E-state index is -4.44. The first-order valence-corrected chi connectivity index (χ1v) is 5.98. The molecule has 0 heterocycles. The van der Waals surface area contributed by atoms with Crippen LogP contribution in [0.1, 0.15) is 19.4 Å². The number of methoxy groups -OCH3 is 1. The maximum atomic E-state index is 12.9. The van der Waals surface area contributed by atoms with Gasteiger partial charge in [0, 0.05) is 18.5 Å². The summed E-state index contributed by atoms with van der Waals surface area (Å²) in [4.78, 5) is 0. The molecule has 0 bridgehead atoms. The van der Waals surface area contributed by atoms with Crippen molar-refractivity contribution < 1.29 is 17.9 Å². The molecule has 3 nitrogen and oxygen atoms in total. The molecule has 1 atom stereocenters. The third-order valence-corrected chi connectivity index (χ3v) is 2.84. The Balaban J connectivity index is 3.06. The lowest BCUT2D eigenvalue weighted by molar-refractivity contribution is -0.136. The fourth-order valence-corrected chi connectivity index (χ4v) is 1.70. The van der Waals surface area contributed by atoms with Crippen LogP contribution in [0.4, 0.5) is 24.5 Å². The maximum absolute atomic E-state index is 12.9. The van der Waals surface area contributed by atoms with Crippen molar-refractivity contribution in [2.24, 2.45) is 5.92 Å². The summed E-state index contributed by atoms with van der Waals surface area (Å²) in [5.74, 6) is 0.138. The molecule has 1 unspecified atom stereocenters. The number of rotatable bonds is 5. The Hall–Kier alpha value is -1.43. The lowest BCUT2D eigenvalue weighted by Gasteiger charge is -2.25. The van der Waals surface area contributed by atoms with E-state index in [-0.39, 0.29) is 23.3 Å². The average molecular weight is 276 g/mol. The zero-order valence-corrected chi connectivity index (χ0v) is 11.2. The lowest BCUT2D eigenvalue weighted by Crippen LogP contribution is -2.31. The number of benzene rings is 1. The summed E-state index contributed by atoms with van der Waals surface area (Å²) in [6.45, 7) is 4.17. The number of halogens is 3. The van der Waals surface area contributed by atoms with Crippen molar-refractivity contribution >= 4 is 11.4 Å². The van der Waals surface area contributed by atoms with E-state index in [1.54, 1.807) is 0 Å². The predicted octanol–water partition coefficient (Wildman–Crippen LogP) is 3.37. The summed E-state index contributed by atoms with van der Waals surface area (Å²) in [5, 5.41) is 2.88. The van der Waals surface area contributed by atoms with Gasteiger partial charge in [-0.1, -0.05) is 13.8 Å². The number of alkyl halides is 3. The zero-order chi connectivity index (χ0) is 14.6. The van der Waals surface area contributed by atoms with Gasteiger partial charge < -0.3 is 15.8 Å². The van der Waals surface area contributed by atoms with Gasteiger partial charge in [-0.3, -0.25) is 0 Å². The average Bonchev–Trinajstić information content (AvgIpc) is 2.29. The van der Waals surface area contributed by atoms with Crippen LogP contribution in [-0.4, -0.2) is 19.8 Å². The smallest absolute Gasteiger partial charge is 0.399 e. The molecule has 19 heavy (non-hydrogen) atoms. The van der Waals surface area contributed by atoms with Crippen LogP contribution in [0.25, 0.3) is 0 Å². The van der Waals surface area contributed by atoms with Gasteiger partial charge in [0.25, 0.3) is 0 Å². The first kappa shape index (κ1) is 15.6. The van der Waals surface area contributed by atoms with Crippen LogP contribution < -0.4 is 11.1 Å². The Morgan fingerprint density at radius 1 is 1.32 bits per heavy atom. The fraction of sp³-hybridized carbons (Fsp3) is 0.538. The molecule has 0 spiro atoms. The van der Waals surface area contributed by atoms with E-state index in [4.69, 9.17) is 10.5 Å². The number of nitrogen functional groups attached to an aromatic ring is 1. The highest BCUT2D eigenvalue weighted by Gasteiger charge is 2.34. The predicted molar refractivity (Wildman–Crippen MR) is 70.0 cm³/mol. The molecular weight excluding hydrogens is 257 g/mol. The van der Waals surface area contributed by atoms with Crippen molar-refractivity contribution in [3.63, 3.8) is 0 Å². The van der Waals surface area contributed by atoms with Gasteiger partial charge in [-0.2, -0.15) is 13.2 Å². The van der Waals surface area contributed by atoms with E-state index in [9.17, 15) is 13.2 Å². The van der Waals surface area contributed by atoms with Crippen LogP contribution in [0.15, 0.2) is 18.2 Å². The van der Waals surface area contributed by atoms with E-state index in [0.29, 0.717) is 6.61 Å². The van der Waals surface area contributed by atoms with Gasteiger partial charge in [-0.15, -0.1) is 0 Å². The van der Waals surface area contributed by atoms with Crippen LogP contribution in [0, 0.1) is 5.92 Å². The number of nitrogens with two attached hydrogens (primary N) is 1. The molecule has 0 amide bonds. The number of nitrogens with one attached hydrogen (secondary N) is 1. The topological polar surface area (TPSA) is 47.3 Å². The van der Waals surface area contributed by atoms with Crippen molar-refractivity contribution in [1.82, 2.24) is 0 Å². The molecule has 108 valence electrons. The van der Waals surface area contributed by atoms with E-state index >= 15 is 0 Å². The molecule has 0 saturated carbocycles. The first-order valence-electron chi connectivity index (χ1n) is 5.98. The van der Waals surface area contributed by atoms with Gasteiger partial charge >= 0.3 is 6.18 Å². The van der Waals surface area contributed by atoms with E-state index in [0.717, 1.165) is 6.07 Å². The van der Waals surface area contributed by atoms with Crippen LogP contribution in [-0.2, 0) is 10.9 Å². The van der Waals surface area contributed by atoms with Gasteiger partial charge in [-0.05, 0) is 24.1 Å². The quantitative estimate of drug-likeness (QED) is 0.811. The standard InChI is InChI=1S/C13H19F3N2O/c1-8(2)12(7-19-3)18-11-5-4-9(17)6-10(11)13(14,15)16/h4-6,8,12,18H,7,17H2,1-3H3. The van der Waals surface area contributed by atoms with Gasteiger partial charge in [0.15, 0.2) is 0 Å². The minimum Gasteiger partial charge on any atom is -0.399 e. The van der Waals surface area contributed by atoms with Gasteiger partial charge in [-0.25, -0.2) is 0 Å². The van der Waals surface area contributed by atoms with Crippen molar-refractivity contribution in [2.75, 3.05) is 24.8 Å². The molecule has 3 N–H and O–H groups in total. The van der Waals surface area contributed by atoms with E-state index in [1.807, 2.05) is 13.8 Å². The molecule has 0 aromatic heterocycles. The molecule has 6 heteroatoms. The summed E-state index contributed by atoms with van der Waals surface area (Å²) in [7, 11) is 1.52. The summed E-state index contributed by atoms with van der Waals surface area (Å²) >= 11 is 0. The van der Waals surface area contributed by atoms with Crippen LogP contribution in [0.3, 0.4) is 0 Å².